The summed E-state index contributed by atoms with van der Waals surface area (Å²) in [5, 5.41) is 2.73. The first-order valence-corrected chi connectivity index (χ1v) is 4.85. The number of carbonyl (C=O) groups excluding carboxylic acids is 1. The monoisotopic (exact) mass is 203 g/mol. The third-order valence-corrected chi connectivity index (χ3v) is 2.10. The van der Waals surface area contributed by atoms with Gasteiger partial charge in [0, 0.05) is 0 Å². The van der Waals surface area contributed by atoms with Gasteiger partial charge in [-0.1, -0.05) is 30.3 Å². The lowest BCUT2D eigenvalue weighted by Crippen LogP contribution is -2.35. The second-order valence-electron chi connectivity index (χ2n) is 3.99. The third-order valence-electron chi connectivity index (χ3n) is 2.10. The first-order valence-electron chi connectivity index (χ1n) is 4.85. The molecule has 3 heteroatoms. The smallest absolute Gasteiger partial charge is 0.289 e. The van der Waals surface area contributed by atoms with E-state index >= 15 is 0 Å². The second-order valence-corrected chi connectivity index (χ2v) is 3.99. The zero-order valence-electron chi connectivity index (χ0n) is 8.78. The predicted octanol–water partition coefficient (Wildman–Crippen LogP) is 1.91. The van der Waals surface area contributed by atoms with Gasteiger partial charge in [0.2, 0.25) is 0 Å². The molecule has 1 aliphatic rings. The van der Waals surface area contributed by atoms with Gasteiger partial charge in [-0.3, -0.25) is 4.79 Å². The van der Waals surface area contributed by atoms with Crippen molar-refractivity contribution in [1.82, 2.24) is 5.32 Å². The fourth-order valence-electron chi connectivity index (χ4n) is 1.48. The Hall–Kier alpha value is -1.77. The van der Waals surface area contributed by atoms with Crippen molar-refractivity contribution in [3.8, 4) is 0 Å². The number of rotatable bonds is 1. The molecule has 1 amide bonds. The molecule has 15 heavy (non-hydrogen) atoms. The number of ether oxygens (including phenoxy) is 1. The van der Waals surface area contributed by atoms with Gasteiger partial charge in [-0.15, -0.1) is 0 Å². The molecule has 2 rings (SSSR count). The number of hydrogen-bond acceptors (Lipinski definition) is 2. The summed E-state index contributed by atoms with van der Waals surface area (Å²) in [4.78, 5) is 11.5. The summed E-state index contributed by atoms with van der Waals surface area (Å²) < 4.78 is 5.47. The van der Waals surface area contributed by atoms with Gasteiger partial charge < -0.3 is 10.1 Å². The van der Waals surface area contributed by atoms with Crippen LogP contribution in [0.2, 0.25) is 0 Å². The molecule has 0 radical (unpaired) electrons. The molecule has 0 saturated carbocycles. The Balaban J connectivity index is 2.26. The van der Waals surface area contributed by atoms with E-state index in [1.165, 1.54) is 0 Å². The van der Waals surface area contributed by atoms with Gasteiger partial charge in [-0.25, -0.2) is 0 Å². The minimum atomic E-state index is -0.600. The molecule has 1 heterocycles. The predicted molar refractivity (Wildman–Crippen MR) is 57.7 cm³/mol. The van der Waals surface area contributed by atoms with Gasteiger partial charge in [-0.05, 0) is 25.5 Å². The van der Waals surface area contributed by atoms with Crippen LogP contribution in [0.4, 0.5) is 0 Å². The molecule has 0 unspecified atom stereocenters. The van der Waals surface area contributed by atoms with Crippen LogP contribution in [0.3, 0.4) is 0 Å². The van der Waals surface area contributed by atoms with E-state index in [1.54, 1.807) is 6.08 Å². The maximum Gasteiger partial charge on any atom is 0.289 e. The van der Waals surface area contributed by atoms with Gasteiger partial charge >= 0.3 is 0 Å². The van der Waals surface area contributed by atoms with E-state index in [9.17, 15) is 4.79 Å². The molecular weight excluding hydrogens is 190 g/mol. The summed E-state index contributed by atoms with van der Waals surface area (Å²) in [5.41, 5.74) is 0.359. The summed E-state index contributed by atoms with van der Waals surface area (Å²) in [5.74, 6) is 0.204. The van der Waals surface area contributed by atoms with Crippen molar-refractivity contribution in [2.45, 2.75) is 19.6 Å². The maximum atomic E-state index is 11.5. The molecule has 78 valence electrons. The van der Waals surface area contributed by atoms with Crippen LogP contribution in [-0.2, 0) is 9.53 Å². The Bertz CT molecular complexity index is 407. The van der Waals surface area contributed by atoms with Crippen LogP contribution in [0.15, 0.2) is 36.1 Å². The number of amides is 1. The summed E-state index contributed by atoms with van der Waals surface area (Å²) in [6, 6.07) is 9.63. The van der Waals surface area contributed by atoms with Crippen molar-refractivity contribution >= 4 is 12.0 Å². The van der Waals surface area contributed by atoms with Gasteiger partial charge in [0.15, 0.2) is 11.5 Å². The lowest BCUT2D eigenvalue weighted by atomic mass is 10.2. The molecular formula is C12H13NO2. The van der Waals surface area contributed by atoms with Crippen LogP contribution in [0.1, 0.15) is 19.4 Å². The first-order chi connectivity index (χ1) is 7.07. The molecule has 0 bridgehead atoms. The Morgan fingerprint density at radius 2 is 1.93 bits per heavy atom. The Morgan fingerprint density at radius 1 is 1.27 bits per heavy atom. The molecule has 1 N–H and O–H groups in total. The Labute approximate surface area is 88.8 Å². The largest absolute Gasteiger partial charge is 0.463 e. The van der Waals surface area contributed by atoms with Gasteiger partial charge in [-0.2, -0.15) is 0 Å². The normalized spacial score (nSPS) is 21.2. The first kappa shape index (κ1) is 9.77. The lowest BCUT2D eigenvalue weighted by molar-refractivity contribution is -0.116. The van der Waals surface area contributed by atoms with Crippen LogP contribution in [0.5, 0.6) is 0 Å². The molecule has 1 saturated heterocycles. The van der Waals surface area contributed by atoms with E-state index < -0.39 is 5.72 Å². The van der Waals surface area contributed by atoms with Crippen LogP contribution in [0.25, 0.3) is 6.08 Å². The van der Waals surface area contributed by atoms with E-state index in [0.717, 1.165) is 5.56 Å². The van der Waals surface area contributed by atoms with E-state index in [2.05, 4.69) is 5.32 Å². The number of nitrogens with one attached hydrogen (secondary N) is 1. The van der Waals surface area contributed by atoms with E-state index in [0.29, 0.717) is 5.76 Å². The highest BCUT2D eigenvalue weighted by molar-refractivity contribution is 5.97. The standard InChI is InChI=1S/C12H13NO2/c1-12(2)13-11(14)10(15-12)8-9-6-4-3-5-7-9/h3-8H,1-2H3,(H,13,14). The number of hydrogen-bond donors (Lipinski definition) is 1. The molecule has 0 atom stereocenters. The quantitative estimate of drug-likeness (QED) is 0.708. The van der Waals surface area contributed by atoms with Crippen molar-refractivity contribution in [3.63, 3.8) is 0 Å². The summed E-state index contributed by atoms with van der Waals surface area (Å²) in [6.07, 6.45) is 1.74. The molecule has 0 spiro atoms. The van der Waals surface area contributed by atoms with E-state index in [4.69, 9.17) is 4.74 Å². The fourth-order valence-corrected chi connectivity index (χ4v) is 1.48. The minimum absolute atomic E-state index is 0.163. The van der Waals surface area contributed by atoms with Crippen molar-refractivity contribution < 1.29 is 9.53 Å². The van der Waals surface area contributed by atoms with Crippen LogP contribution in [0, 0.1) is 0 Å². The molecule has 1 aliphatic heterocycles. The van der Waals surface area contributed by atoms with Crippen molar-refractivity contribution in [2.24, 2.45) is 0 Å². The third kappa shape index (κ3) is 2.18. The van der Waals surface area contributed by atoms with Crippen molar-refractivity contribution in [1.29, 1.82) is 0 Å². The Morgan fingerprint density at radius 3 is 2.47 bits per heavy atom. The van der Waals surface area contributed by atoms with Gasteiger partial charge in [0.1, 0.15) is 0 Å². The average molecular weight is 203 g/mol. The molecule has 1 aromatic rings. The second kappa shape index (κ2) is 3.42. The maximum absolute atomic E-state index is 11.5. The van der Waals surface area contributed by atoms with Gasteiger partial charge in [0.25, 0.3) is 5.91 Å². The lowest BCUT2D eigenvalue weighted by Gasteiger charge is -2.15. The minimum Gasteiger partial charge on any atom is -0.463 e. The zero-order valence-corrected chi connectivity index (χ0v) is 8.78. The fraction of sp³-hybridized carbons (Fsp3) is 0.250. The molecule has 0 aliphatic carbocycles. The number of benzene rings is 1. The topological polar surface area (TPSA) is 38.3 Å². The molecule has 3 nitrogen and oxygen atoms in total. The van der Waals surface area contributed by atoms with Crippen molar-refractivity contribution in [2.75, 3.05) is 0 Å². The van der Waals surface area contributed by atoms with Gasteiger partial charge in [0.05, 0.1) is 0 Å². The molecule has 1 fully saturated rings. The zero-order chi connectivity index (χ0) is 10.9. The summed E-state index contributed by atoms with van der Waals surface area (Å²) >= 11 is 0. The SMILES string of the molecule is CC1(C)NC(=O)C(=Cc2ccccc2)O1. The van der Waals surface area contributed by atoms with E-state index in [-0.39, 0.29) is 5.91 Å². The van der Waals surface area contributed by atoms with Crippen LogP contribution < -0.4 is 5.32 Å². The highest BCUT2D eigenvalue weighted by Gasteiger charge is 2.34. The Kier molecular flexibility index (Phi) is 2.23. The number of carbonyl (C=O) groups is 1. The summed E-state index contributed by atoms with van der Waals surface area (Å²) in [6.45, 7) is 3.63. The van der Waals surface area contributed by atoms with Crippen LogP contribution >= 0.6 is 0 Å². The molecule has 0 aromatic heterocycles. The average Bonchev–Trinajstić information content (AvgIpc) is 2.41. The summed E-state index contributed by atoms with van der Waals surface area (Å²) in [7, 11) is 0. The highest BCUT2D eigenvalue weighted by Crippen LogP contribution is 2.21. The highest BCUT2D eigenvalue weighted by atomic mass is 16.5. The van der Waals surface area contributed by atoms with E-state index in [1.807, 2.05) is 44.2 Å². The van der Waals surface area contributed by atoms with Crippen molar-refractivity contribution in [3.05, 3.63) is 41.7 Å². The molecule has 1 aromatic carbocycles. The van der Waals surface area contributed by atoms with Crippen LogP contribution in [-0.4, -0.2) is 11.6 Å².